The lowest BCUT2D eigenvalue weighted by Crippen LogP contribution is -2.17. The first kappa shape index (κ1) is 17.6. The molecule has 0 saturated heterocycles. The Morgan fingerprint density at radius 3 is 2.72 bits per heavy atom. The summed E-state index contributed by atoms with van der Waals surface area (Å²) < 4.78 is 21.9. The van der Waals surface area contributed by atoms with Gasteiger partial charge in [-0.3, -0.25) is 0 Å². The normalized spacial score (nSPS) is 14.5. The molecule has 0 unspecified atom stereocenters. The van der Waals surface area contributed by atoms with Gasteiger partial charge in [0.05, 0.1) is 18.2 Å². The zero-order valence-corrected chi connectivity index (χ0v) is 14.6. The molecule has 3 rings (SSSR count). The highest BCUT2D eigenvalue weighted by Crippen LogP contribution is 2.38. The lowest BCUT2D eigenvalue weighted by molar-refractivity contribution is -0.157. The number of esters is 1. The number of rotatable bonds is 5. The smallest absolute Gasteiger partial charge is 0.340 e. The van der Waals surface area contributed by atoms with Gasteiger partial charge in [-0.05, 0) is 23.3 Å². The van der Waals surface area contributed by atoms with Crippen molar-refractivity contribution in [3.05, 3.63) is 58.6 Å². The molecule has 132 valence electrons. The van der Waals surface area contributed by atoms with Gasteiger partial charge in [-0.15, -0.1) is 0 Å². The van der Waals surface area contributed by atoms with Gasteiger partial charge in [-0.25, -0.2) is 4.79 Å². The summed E-state index contributed by atoms with van der Waals surface area (Å²) >= 11 is 6.25. The lowest BCUT2D eigenvalue weighted by atomic mass is 10.1. The molecular formula is C19H19ClO5. The van der Waals surface area contributed by atoms with E-state index < -0.39 is 12.1 Å². The van der Waals surface area contributed by atoms with Gasteiger partial charge in [-0.2, -0.15) is 0 Å². The topological polar surface area (TPSA) is 54.0 Å². The summed E-state index contributed by atoms with van der Waals surface area (Å²) in [5, 5.41) is 0.441. The quantitative estimate of drug-likeness (QED) is 0.754. The number of ether oxygens (including phenoxy) is 4. The van der Waals surface area contributed by atoms with Gasteiger partial charge >= 0.3 is 5.97 Å². The summed E-state index contributed by atoms with van der Waals surface area (Å²) in [6.07, 6.45) is 0.0270. The Hall–Kier alpha value is -2.24. The minimum atomic E-state index is -0.767. The molecule has 0 radical (unpaired) electrons. The van der Waals surface area contributed by atoms with Gasteiger partial charge in [0.2, 0.25) is 0 Å². The van der Waals surface area contributed by atoms with Crippen molar-refractivity contribution in [3.8, 4) is 11.5 Å². The number of carbonyl (C=O) groups is 1. The van der Waals surface area contributed by atoms with E-state index in [4.69, 9.17) is 30.5 Å². The summed E-state index contributed by atoms with van der Waals surface area (Å²) in [5.41, 5.74) is 1.47. The molecular weight excluding hydrogens is 344 g/mol. The fraction of sp³-hybridized carbons (Fsp3) is 0.316. The van der Waals surface area contributed by atoms with Crippen LogP contribution >= 0.6 is 11.6 Å². The molecule has 0 aliphatic carbocycles. The van der Waals surface area contributed by atoms with Gasteiger partial charge in [0.15, 0.2) is 17.6 Å². The second kappa shape index (κ2) is 8.23. The van der Waals surface area contributed by atoms with Gasteiger partial charge in [0.1, 0.15) is 6.61 Å². The molecule has 1 heterocycles. The van der Waals surface area contributed by atoms with Crippen molar-refractivity contribution < 1.29 is 23.7 Å². The Morgan fingerprint density at radius 1 is 1.20 bits per heavy atom. The van der Waals surface area contributed by atoms with E-state index in [9.17, 15) is 4.79 Å². The average Bonchev–Trinajstić information content (AvgIpc) is 2.87. The lowest BCUT2D eigenvalue weighted by Gasteiger charge is -2.16. The maximum Gasteiger partial charge on any atom is 0.340 e. The van der Waals surface area contributed by atoms with Crippen LogP contribution in [0.25, 0.3) is 0 Å². The SMILES string of the molecule is CO[C@H](C(=O)OCc1cc(Cl)c2c(c1)OCCCO2)c1ccccc1. The minimum Gasteiger partial charge on any atom is -0.489 e. The Bertz CT molecular complexity index is 732. The third kappa shape index (κ3) is 4.24. The molecule has 5 nitrogen and oxygen atoms in total. The molecule has 1 atom stereocenters. The van der Waals surface area contributed by atoms with Crippen molar-refractivity contribution in [1.82, 2.24) is 0 Å². The highest BCUT2D eigenvalue weighted by Gasteiger charge is 2.22. The molecule has 25 heavy (non-hydrogen) atoms. The monoisotopic (exact) mass is 362 g/mol. The number of hydrogen-bond acceptors (Lipinski definition) is 5. The molecule has 0 spiro atoms. The van der Waals surface area contributed by atoms with Crippen LogP contribution in [0.5, 0.6) is 11.5 Å². The number of fused-ring (bicyclic) bond motifs is 1. The maximum atomic E-state index is 12.3. The molecule has 2 aromatic rings. The number of hydrogen-bond donors (Lipinski definition) is 0. The first-order valence-electron chi connectivity index (χ1n) is 8.01. The van der Waals surface area contributed by atoms with Crippen molar-refractivity contribution >= 4 is 17.6 Å². The molecule has 0 saturated carbocycles. The molecule has 0 aromatic heterocycles. The second-order valence-electron chi connectivity index (χ2n) is 5.59. The van der Waals surface area contributed by atoms with Crippen molar-refractivity contribution in [2.75, 3.05) is 20.3 Å². The number of benzene rings is 2. The summed E-state index contributed by atoms with van der Waals surface area (Å²) in [6.45, 7) is 1.20. The fourth-order valence-corrected chi connectivity index (χ4v) is 2.88. The first-order chi connectivity index (χ1) is 12.2. The first-order valence-corrected chi connectivity index (χ1v) is 8.39. The zero-order chi connectivity index (χ0) is 17.6. The van der Waals surface area contributed by atoms with Crippen LogP contribution in [0, 0.1) is 0 Å². The summed E-state index contributed by atoms with van der Waals surface area (Å²) in [4.78, 5) is 12.3. The van der Waals surface area contributed by atoms with E-state index >= 15 is 0 Å². The molecule has 1 aliphatic rings. The molecule has 0 N–H and O–H groups in total. The van der Waals surface area contributed by atoms with Gasteiger partial charge in [-0.1, -0.05) is 41.9 Å². The largest absolute Gasteiger partial charge is 0.489 e. The molecule has 6 heteroatoms. The maximum absolute atomic E-state index is 12.3. The van der Waals surface area contributed by atoms with Crippen molar-refractivity contribution in [3.63, 3.8) is 0 Å². The zero-order valence-electron chi connectivity index (χ0n) is 13.9. The van der Waals surface area contributed by atoms with Gasteiger partial charge in [0.25, 0.3) is 0 Å². The molecule has 0 amide bonds. The van der Waals surface area contributed by atoms with Crippen LogP contribution in [0.2, 0.25) is 5.02 Å². The van der Waals surface area contributed by atoms with E-state index in [1.807, 2.05) is 30.3 Å². The van der Waals surface area contributed by atoms with E-state index in [2.05, 4.69) is 0 Å². The highest BCUT2D eigenvalue weighted by molar-refractivity contribution is 6.32. The predicted molar refractivity (Wildman–Crippen MR) is 93.0 cm³/mol. The molecule has 2 aromatic carbocycles. The summed E-state index contributed by atoms with van der Waals surface area (Å²) in [7, 11) is 1.48. The number of methoxy groups -OCH3 is 1. The summed E-state index contributed by atoms with van der Waals surface area (Å²) in [6, 6.07) is 12.7. The van der Waals surface area contributed by atoms with E-state index in [-0.39, 0.29) is 6.61 Å². The minimum absolute atomic E-state index is 0.0713. The van der Waals surface area contributed by atoms with Crippen molar-refractivity contribution in [2.45, 2.75) is 19.1 Å². The standard InChI is InChI=1S/C19H19ClO5/c1-22-17(14-6-3-2-4-7-14)19(21)25-12-13-10-15(20)18-16(11-13)23-8-5-9-24-18/h2-4,6-7,10-11,17H,5,8-9,12H2,1H3/t17-/m0/s1. The van der Waals surface area contributed by atoms with E-state index in [1.54, 1.807) is 12.1 Å². The Morgan fingerprint density at radius 2 is 1.96 bits per heavy atom. The van der Waals surface area contributed by atoms with Crippen LogP contribution < -0.4 is 9.47 Å². The van der Waals surface area contributed by atoms with E-state index in [1.165, 1.54) is 7.11 Å². The van der Waals surface area contributed by atoms with Crippen LogP contribution in [0.1, 0.15) is 23.7 Å². The van der Waals surface area contributed by atoms with Gasteiger partial charge in [0, 0.05) is 13.5 Å². The third-order valence-corrected chi connectivity index (χ3v) is 4.08. The second-order valence-corrected chi connectivity index (χ2v) is 6.00. The molecule has 1 aliphatic heterocycles. The average molecular weight is 363 g/mol. The van der Waals surface area contributed by atoms with Crippen LogP contribution in [-0.4, -0.2) is 26.3 Å². The Balaban J connectivity index is 1.69. The van der Waals surface area contributed by atoms with Crippen molar-refractivity contribution in [2.24, 2.45) is 0 Å². The fourth-order valence-electron chi connectivity index (χ4n) is 2.59. The molecule has 0 fully saturated rings. The van der Waals surface area contributed by atoms with Crippen LogP contribution in [-0.2, 0) is 20.9 Å². The Kier molecular flexibility index (Phi) is 5.79. The van der Waals surface area contributed by atoms with Gasteiger partial charge < -0.3 is 18.9 Å². The van der Waals surface area contributed by atoms with Crippen LogP contribution in [0.15, 0.2) is 42.5 Å². The van der Waals surface area contributed by atoms with Crippen LogP contribution in [0.3, 0.4) is 0 Å². The number of halogens is 1. The molecule has 0 bridgehead atoms. The van der Waals surface area contributed by atoms with E-state index in [0.29, 0.717) is 29.7 Å². The summed E-state index contributed by atoms with van der Waals surface area (Å²) in [5.74, 6) is 0.646. The number of carbonyl (C=O) groups excluding carboxylic acids is 1. The van der Waals surface area contributed by atoms with Crippen molar-refractivity contribution in [1.29, 1.82) is 0 Å². The third-order valence-electron chi connectivity index (χ3n) is 3.80. The van der Waals surface area contributed by atoms with Crippen LogP contribution in [0.4, 0.5) is 0 Å². The van der Waals surface area contributed by atoms with E-state index in [0.717, 1.165) is 17.5 Å². The highest BCUT2D eigenvalue weighted by atomic mass is 35.5. The predicted octanol–water partition coefficient (Wildman–Crippen LogP) is 3.93. The Labute approximate surface area is 151 Å².